The second-order valence-electron chi connectivity index (χ2n) is 10.6. The summed E-state index contributed by atoms with van der Waals surface area (Å²) in [5.41, 5.74) is 3.91. The number of amides is 1. The molecule has 1 saturated heterocycles. The Bertz CT molecular complexity index is 1440. The molecule has 3 aromatic carbocycles. The smallest absolute Gasteiger partial charge is 0.253 e. The summed E-state index contributed by atoms with van der Waals surface area (Å²) in [6, 6.07) is 21.0. The van der Waals surface area contributed by atoms with E-state index in [-0.39, 0.29) is 11.7 Å². The van der Waals surface area contributed by atoms with Gasteiger partial charge in [-0.05, 0) is 55.8 Å². The van der Waals surface area contributed by atoms with Crippen LogP contribution in [0.3, 0.4) is 0 Å². The number of hydrogen-bond acceptors (Lipinski definition) is 6. The lowest BCUT2D eigenvalue weighted by atomic mass is 10.1. The Kier molecular flexibility index (Phi) is 9.44. The number of nitrogens with one attached hydrogen (secondary N) is 1. The average molecular weight is 557 g/mol. The van der Waals surface area contributed by atoms with Crippen LogP contribution in [0.4, 0.5) is 0 Å². The molecule has 0 atom stereocenters. The Labute approximate surface area is 242 Å². The number of aryl methyl sites for hydroxylation is 2. The van der Waals surface area contributed by atoms with Crippen molar-refractivity contribution in [2.24, 2.45) is 0 Å². The van der Waals surface area contributed by atoms with Crippen molar-refractivity contribution < 1.29 is 19.4 Å². The lowest BCUT2D eigenvalue weighted by Gasteiger charge is -2.34. The molecule has 4 aromatic rings. The van der Waals surface area contributed by atoms with Gasteiger partial charge in [0.05, 0.1) is 18.2 Å². The van der Waals surface area contributed by atoms with Gasteiger partial charge in [0.15, 0.2) is 0 Å². The Hall–Kier alpha value is -4.01. The average Bonchev–Trinajstić information content (AvgIpc) is 3.37. The molecule has 0 bridgehead atoms. The van der Waals surface area contributed by atoms with Crippen LogP contribution in [0.2, 0.25) is 0 Å². The SMILES string of the molecule is COc1cccc2c(C(=O)NCc3cccc(C)c3)cn(CCCN3CCN(CCOc4ccc(O)cc4)CC3)c12. The highest BCUT2D eigenvalue weighted by molar-refractivity contribution is 6.08. The topological polar surface area (TPSA) is 79.2 Å². The molecule has 8 nitrogen and oxygen atoms in total. The van der Waals surface area contributed by atoms with Crippen LogP contribution in [0.1, 0.15) is 27.9 Å². The number of fused-ring (bicyclic) bond motifs is 1. The van der Waals surface area contributed by atoms with Crippen molar-refractivity contribution in [3.05, 3.63) is 89.6 Å². The first kappa shape index (κ1) is 28.5. The predicted molar refractivity (Wildman–Crippen MR) is 162 cm³/mol. The highest BCUT2D eigenvalue weighted by Crippen LogP contribution is 2.30. The third-order valence-electron chi connectivity index (χ3n) is 7.71. The van der Waals surface area contributed by atoms with Crippen LogP contribution in [-0.4, -0.2) is 78.4 Å². The third kappa shape index (κ3) is 7.39. The van der Waals surface area contributed by atoms with Crippen molar-refractivity contribution in [2.45, 2.75) is 26.4 Å². The molecule has 8 heteroatoms. The van der Waals surface area contributed by atoms with Crippen LogP contribution in [0, 0.1) is 6.92 Å². The molecule has 1 aliphatic rings. The molecule has 216 valence electrons. The Balaban J connectivity index is 1.13. The molecule has 41 heavy (non-hydrogen) atoms. The van der Waals surface area contributed by atoms with Gasteiger partial charge in [0, 0.05) is 57.4 Å². The van der Waals surface area contributed by atoms with E-state index < -0.39 is 0 Å². The molecule has 0 radical (unpaired) electrons. The molecule has 0 unspecified atom stereocenters. The number of benzene rings is 3. The molecule has 2 heterocycles. The van der Waals surface area contributed by atoms with Crippen molar-refractivity contribution in [3.8, 4) is 17.2 Å². The quantitative estimate of drug-likeness (QED) is 0.264. The molecule has 1 aromatic heterocycles. The standard InChI is InChI=1S/C33H40N4O4/c1-25-6-3-7-26(22-25)23-34-33(39)30-24-37(32-29(30)8-4-9-31(32)40-2)15-5-14-35-16-18-36(19-17-35)20-21-41-28-12-10-27(38)11-13-28/h3-4,6-13,22,24,38H,5,14-21,23H2,1-2H3,(H,34,39). The van der Waals surface area contributed by atoms with Crippen molar-refractivity contribution in [2.75, 3.05) is 53.0 Å². The van der Waals surface area contributed by atoms with Crippen LogP contribution in [0.25, 0.3) is 10.9 Å². The maximum absolute atomic E-state index is 13.3. The van der Waals surface area contributed by atoms with E-state index in [0.29, 0.717) is 18.7 Å². The Morgan fingerprint density at radius 2 is 1.66 bits per heavy atom. The number of piperazine rings is 1. The minimum Gasteiger partial charge on any atom is -0.508 e. The largest absolute Gasteiger partial charge is 0.508 e. The van der Waals surface area contributed by atoms with Crippen LogP contribution in [0.15, 0.2) is 72.9 Å². The van der Waals surface area contributed by atoms with Gasteiger partial charge in [-0.1, -0.05) is 42.0 Å². The second-order valence-corrected chi connectivity index (χ2v) is 10.6. The number of nitrogens with zero attached hydrogens (tertiary/aromatic N) is 3. The number of carbonyl (C=O) groups excluding carboxylic acids is 1. The van der Waals surface area contributed by atoms with Crippen molar-refractivity contribution in [1.82, 2.24) is 19.7 Å². The van der Waals surface area contributed by atoms with Gasteiger partial charge in [-0.3, -0.25) is 9.69 Å². The van der Waals surface area contributed by atoms with E-state index in [1.165, 1.54) is 5.56 Å². The van der Waals surface area contributed by atoms with Crippen LogP contribution >= 0.6 is 0 Å². The number of ether oxygens (including phenoxy) is 2. The summed E-state index contributed by atoms with van der Waals surface area (Å²) >= 11 is 0. The van der Waals surface area contributed by atoms with Crippen molar-refractivity contribution >= 4 is 16.8 Å². The van der Waals surface area contributed by atoms with Crippen LogP contribution < -0.4 is 14.8 Å². The number of para-hydroxylation sites is 1. The minimum atomic E-state index is -0.0750. The molecule has 0 aliphatic carbocycles. The van der Waals surface area contributed by atoms with Crippen molar-refractivity contribution in [1.29, 1.82) is 0 Å². The molecule has 1 fully saturated rings. The van der Waals surface area contributed by atoms with E-state index in [4.69, 9.17) is 9.47 Å². The van der Waals surface area contributed by atoms with Gasteiger partial charge in [0.2, 0.25) is 0 Å². The monoisotopic (exact) mass is 556 g/mol. The molecule has 2 N–H and O–H groups in total. The van der Waals surface area contributed by atoms with Gasteiger partial charge in [0.25, 0.3) is 5.91 Å². The third-order valence-corrected chi connectivity index (χ3v) is 7.71. The number of phenols is 1. The zero-order valence-corrected chi connectivity index (χ0v) is 24.0. The van der Waals surface area contributed by atoms with Gasteiger partial charge in [-0.25, -0.2) is 0 Å². The normalized spacial score (nSPS) is 14.3. The summed E-state index contributed by atoms with van der Waals surface area (Å²) in [5, 5.41) is 13.4. The number of phenolic OH excluding ortho intramolecular Hbond substituents is 1. The second kappa shape index (κ2) is 13.6. The van der Waals surface area contributed by atoms with Crippen LogP contribution in [-0.2, 0) is 13.1 Å². The maximum Gasteiger partial charge on any atom is 0.253 e. The van der Waals surface area contributed by atoms with E-state index in [9.17, 15) is 9.90 Å². The molecule has 1 aliphatic heterocycles. The fraction of sp³-hybridized carbons (Fsp3) is 0.364. The summed E-state index contributed by atoms with van der Waals surface area (Å²) in [4.78, 5) is 18.2. The highest BCUT2D eigenvalue weighted by Gasteiger charge is 2.19. The van der Waals surface area contributed by atoms with Gasteiger partial charge in [-0.15, -0.1) is 0 Å². The lowest BCUT2D eigenvalue weighted by molar-refractivity contribution is 0.0952. The minimum absolute atomic E-state index is 0.0750. The van der Waals surface area contributed by atoms with E-state index >= 15 is 0 Å². The summed E-state index contributed by atoms with van der Waals surface area (Å²) < 4.78 is 13.7. The number of hydrogen-bond donors (Lipinski definition) is 2. The predicted octanol–water partition coefficient (Wildman–Crippen LogP) is 4.68. The molecular formula is C33H40N4O4. The maximum atomic E-state index is 13.3. The summed E-state index contributed by atoms with van der Waals surface area (Å²) in [5.74, 6) is 1.73. The van der Waals surface area contributed by atoms with Gasteiger partial charge >= 0.3 is 0 Å². The zero-order valence-electron chi connectivity index (χ0n) is 24.0. The number of methoxy groups -OCH3 is 1. The van der Waals surface area contributed by atoms with Crippen molar-refractivity contribution in [3.63, 3.8) is 0 Å². The number of aromatic hydroxyl groups is 1. The first-order valence-corrected chi connectivity index (χ1v) is 14.4. The number of rotatable bonds is 12. The first-order chi connectivity index (χ1) is 20.0. The Morgan fingerprint density at radius 1 is 0.927 bits per heavy atom. The fourth-order valence-electron chi connectivity index (χ4n) is 5.48. The van der Waals surface area contributed by atoms with Gasteiger partial charge in [-0.2, -0.15) is 0 Å². The lowest BCUT2D eigenvalue weighted by Crippen LogP contribution is -2.47. The van der Waals surface area contributed by atoms with Crippen LogP contribution in [0.5, 0.6) is 17.2 Å². The van der Waals surface area contributed by atoms with E-state index in [0.717, 1.165) is 80.2 Å². The molecule has 5 rings (SSSR count). The van der Waals surface area contributed by atoms with Gasteiger partial charge < -0.3 is 29.4 Å². The zero-order chi connectivity index (χ0) is 28.6. The first-order valence-electron chi connectivity index (χ1n) is 14.4. The van der Waals surface area contributed by atoms with E-state index in [1.54, 1.807) is 31.4 Å². The Morgan fingerprint density at radius 3 is 2.39 bits per heavy atom. The van der Waals surface area contributed by atoms with E-state index in [2.05, 4.69) is 38.7 Å². The van der Waals surface area contributed by atoms with Gasteiger partial charge in [0.1, 0.15) is 23.9 Å². The summed E-state index contributed by atoms with van der Waals surface area (Å²) in [6.07, 6.45) is 2.96. The van der Waals surface area contributed by atoms with E-state index in [1.807, 2.05) is 36.5 Å². The highest BCUT2D eigenvalue weighted by atomic mass is 16.5. The fourth-order valence-corrected chi connectivity index (χ4v) is 5.48. The molecule has 0 saturated carbocycles. The summed E-state index contributed by atoms with van der Waals surface area (Å²) in [7, 11) is 1.68. The molecular weight excluding hydrogens is 516 g/mol. The molecule has 1 amide bonds. The molecule has 0 spiro atoms. The number of carbonyl (C=O) groups is 1. The summed E-state index contributed by atoms with van der Waals surface area (Å²) in [6.45, 7) is 9.97. The number of aromatic nitrogens is 1.